The Morgan fingerprint density at radius 1 is 1.14 bits per heavy atom. The monoisotopic (exact) mass is 293 g/mol. The summed E-state index contributed by atoms with van der Waals surface area (Å²) in [5.41, 5.74) is 5.85. The smallest absolute Gasteiger partial charge is 0.238 e. The molecule has 0 unspecified atom stereocenters. The van der Waals surface area contributed by atoms with Gasteiger partial charge in [-0.1, -0.05) is 0 Å². The summed E-state index contributed by atoms with van der Waals surface area (Å²) in [6.07, 6.45) is 3.23. The van der Waals surface area contributed by atoms with Gasteiger partial charge in [-0.3, -0.25) is 9.59 Å². The number of carbonyl (C=O) groups is 2. The third kappa shape index (κ3) is 4.82. The van der Waals surface area contributed by atoms with E-state index in [1.807, 2.05) is 0 Å². The first-order valence-corrected chi connectivity index (χ1v) is 7.12. The Morgan fingerprint density at radius 3 is 2.33 bits per heavy atom. The van der Waals surface area contributed by atoms with Crippen LogP contribution in [0, 0.1) is 11.7 Å². The maximum atomic E-state index is 12.7. The second-order valence-corrected chi connectivity index (χ2v) is 5.39. The van der Waals surface area contributed by atoms with Crippen molar-refractivity contribution >= 4 is 17.5 Å². The van der Waals surface area contributed by atoms with E-state index < -0.39 is 0 Å². The summed E-state index contributed by atoms with van der Waals surface area (Å²) in [5, 5.41) is 5.87. The molecule has 0 heterocycles. The van der Waals surface area contributed by atoms with Crippen LogP contribution in [0.5, 0.6) is 0 Å². The fourth-order valence-electron chi connectivity index (χ4n) is 2.56. The van der Waals surface area contributed by atoms with Crippen molar-refractivity contribution in [2.24, 2.45) is 11.7 Å². The number of hydrogen-bond acceptors (Lipinski definition) is 3. The predicted octanol–water partition coefficient (Wildman–Crippen LogP) is 1.40. The molecule has 1 aromatic carbocycles. The molecule has 0 atom stereocenters. The molecule has 0 aliphatic heterocycles. The van der Waals surface area contributed by atoms with Gasteiger partial charge in [0.15, 0.2) is 0 Å². The first-order valence-electron chi connectivity index (χ1n) is 7.12. The second kappa shape index (κ2) is 7.17. The zero-order valence-corrected chi connectivity index (χ0v) is 11.8. The maximum absolute atomic E-state index is 12.7. The average Bonchev–Trinajstić information content (AvgIpc) is 2.48. The number of anilines is 1. The molecule has 2 rings (SSSR count). The summed E-state index contributed by atoms with van der Waals surface area (Å²) in [4.78, 5) is 22.8. The minimum atomic E-state index is -0.336. The lowest BCUT2D eigenvalue weighted by molar-refractivity contribution is -0.123. The van der Waals surface area contributed by atoms with Crippen molar-refractivity contribution in [1.29, 1.82) is 0 Å². The van der Waals surface area contributed by atoms with Crippen LogP contribution in [0.2, 0.25) is 0 Å². The van der Waals surface area contributed by atoms with Gasteiger partial charge in [-0.15, -0.1) is 0 Å². The normalized spacial score (nSPS) is 21.8. The first kappa shape index (κ1) is 15.4. The van der Waals surface area contributed by atoms with Crippen molar-refractivity contribution in [3.05, 3.63) is 30.1 Å². The van der Waals surface area contributed by atoms with Crippen molar-refractivity contribution in [3.8, 4) is 0 Å². The number of halogens is 1. The molecule has 114 valence electrons. The van der Waals surface area contributed by atoms with E-state index in [0.717, 1.165) is 25.7 Å². The van der Waals surface area contributed by atoms with Gasteiger partial charge in [0.1, 0.15) is 5.82 Å². The average molecular weight is 293 g/mol. The zero-order chi connectivity index (χ0) is 15.2. The van der Waals surface area contributed by atoms with Crippen LogP contribution in [-0.2, 0) is 9.59 Å². The van der Waals surface area contributed by atoms with Crippen molar-refractivity contribution in [2.75, 3.05) is 11.9 Å². The summed E-state index contributed by atoms with van der Waals surface area (Å²) in [6, 6.07) is 5.87. The SMILES string of the molecule is NC(=O)C1CCC(NCC(=O)Nc2ccc(F)cc2)CC1. The van der Waals surface area contributed by atoms with Gasteiger partial charge in [0.05, 0.1) is 6.54 Å². The van der Waals surface area contributed by atoms with Gasteiger partial charge in [-0.2, -0.15) is 0 Å². The molecule has 0 spiro atoms. The predicted molar refractivity (Wildman–Crippen MR) is 78.0 cm³/mol. The number of benzene rings is 1. The van der Waals surface area contributed by atoms with E-state index >= 15 is 0 Å². The summed E-state index contributed by atoms with van der Waals surface area (Å²) in [5.74, 6) is -0.769. The second-order valence-electron chi connectivity index (χ2n) is 5.39. The van der Waals surface area contributed by atoms with Gasteiger partial charge in [0.2, 0.25) is 11.8 Å². The molecule has 0 radical (unpaired) electrons. The van der Waals surface area contributed by atoms with Gasteiger partial charge in [0.25, 0.3) is 0 Å². The van der Waals surface area contributed by atoms with Crippen molar-refractivity contribution in [1.82, 2.24) is 5.32 Å². The number of primary amides is 1. The first-order chi connectivity index (χ1) is 10.0. The van der Waals surface area contributed by atoms with Gasteiger partial charge >= 0.3 is 0 Å². The Bertz CT molecular complexity index is 496. The van der Waals surface area contributed by atoms with Crippen LogP contribution in [-0.4, -0.2) is 24.4 Å². The van der Waals surface area contributed by atoms with Gasteiger partial charge < -0.3 is 16.4 Å². The Balaban J connectivity index is 1.70. The lowest BCUT2D eigenvalue weighted by Gasteiger charge is -2.27. The minimum Gasteiger partial charge on any atom is -0.369 e. The molecule has 4 N–H and O–H groups in total. The van der Waals surface area contributed by atoms with Crippen molar-refractivity contribution < 1.29 is 14.0 Å². The van der Waals surface area contributed by atoms with E-state index in [9.17, 15) is 14.0 Å². The Labute approximate surface area is 123 Å². The molecule has 1 fully saturated rings. The third-order valence-corrected chi connectivity index (χ3v) is 3.81. The van der Waals surface area contributed by atoms with Crippen LogP contribution in [0.4, 0.5) is 10.1 Å². The van der Waals surface area contributed by atoms with E-state index in [2.05, 4.69) is 10.6 Å². The van der Waals surface area contributed by atoms with E-state index in [0.29, 0.717) is 5.69 Å². The van der Waals surface area contributed by atoms with Gasteiger partial charge in [0, 0.05) is 17.6 Å². The fourth-order valence-corrected chi connectivity index (χ4v) is 2.56. The zero-order valence-electron chi connectivity index (χ0n) is 11.8. The van der Waals surface area contributed by atoms with Crippen LogP contribution < -0.4 is 16.4 Å². The highest BCUT2D eigenvalue weighted by Crippen LogP contribution is 2.23. The molecule has 5 nitrogen and oxygen atoms in total. The largest absolute Gasteiger partial charge is 0.369 e. The number of rotatable bonds is 5. The topological polar surface area (TPSA) is 84.2 Å². The molecule has 1 aliphatic carbocycles. The van der Waals surface area contributed by atoms with E-state index in [1.165, 1.54) is 24.3 Å². The lowest BCUT2D eigenvalue weighted by atomic mass is 9.85. The van der Waals surface area contributed by atoms with E-state index in [-0.39, 0.29) is 36.1 Å². The van der Waals surface area contributed by atoms with Crippen LogP contribution in [0.15, 0.2) is 24.3 Å². The number of nitrogens with two attached hydrogens (primary N) is 1. The molecule has 1 saturated carbocycles. The molecule has 1 aliphatic rings. The number of hydrogen-bond donors (Lipinski definition) is 3. The van der Waals surface area contributed by atoms with E-state index in [4.69, 9.17) is 5.73 Å². The molecular formula is C15H20FN3O2. The van der Waals surface area contributed by atoms with E-state index in [1.54, 1.807) is 0 Å². The van der Waals surface area contributed by atoms with Crippen LogP contribution >= 0.6 is 0 Å². The summed E-state index contributed by atoms with van der Waals surface area (Å²) in [7, 11) is 0. The van der Waals surface area contributed by atoms with Crippen molar-refractivity contribution in [3.63, 3.8) is 0 Å². The van der Waals surface area contributed by atoms with Gasteiger partial charge in [-0.25, -0.2) is 4.39 Å². The third-order valence-electron chi connectivity index (χ3n) is 3.81. The highest BCUT2D eigenvalue weighted by Gasteiger charge is 2.24. The lowest BCUT2D eigenvalue weighted by Crippen LogP contribution is -2.40. The molecular weight excluding hydrogens is 273 g/mol. The molecule has 2 amide bonds. The summed E-state index contributed by atoms with van der Waals surface area (Å²) >= 11 is 0. The molecule has 6 heteroatoms. The van der Waals surface area contributed by atoms with Crippen LogP contribution in [0.3, 0.4) is 0 Å². The summed E-state index contributed by atoms with van der Waals surface area (Å²) < 4.78 is 12.7. The Hall–Kier alpha value is -1.95. The maximum Gasteiger partial charge on any atom is 0.238 e. The number of carbonyl (C=O) groups excluding carboxylic acids is 2. The highest BCUT2D eigenvalue weighted by atomic mass is 19.1. The summed E-state index contributed by atoms with van der Waals surface area (Å²) in [6.45, 7) is 0.198. The standard InChI is InChI=1S/C15H20FN3O2/c16-11-3-7-13(8-4-11)19-14(20)9-18-12-5-1-10(2-6-12)15(17)21/h3-4,7-8,10,12,18H,1-2,5-6,9H2,(H2,17,21)(H,19,20). The number of amides is 2. The molecule has 0 saturated heterocycles. The van der Waals surface area contributed by atoms with Gasteiger partial charge in [-0.05, 0) is 49.9 Å². The molecule has 0 bridgehead atoms. The molecule has 1 aromatic rings. The molecule has 21 heavy (non-hydrogen) atoms. The van der Waals surface area contributed by atoms with Crippen LogP contribution in [0.1, 0.15) is 25.7 Å². The fraction of sp³-hybridized carbons (Fsp3) is 0.467. The minimum absolute atomic E-state index is 0.0314. The van der Waals surface area contributed by atoms with Crippen molar-refractivity contribution in [2.45, 2.75) is 31.7 Å². The van der Waals surface area contributed by atoms with Crippen LogP contribution in [0.25, 0.3) is 0 Å². The quantitative estimate of drug-likeness (QED) is 0.767. The Kier molecular flexibility index (Phi) is 5.27. The Morgan fingerprint density at radius 2 is 1.76 bits per heavy atom. The highest BCUT2D eigenvalue weighted by molar-refractivity contribution is 5.92. The molecule has 0 aromatic heterocycles. The number of nitrogens with one attached hydrogen (secondary N) is 2.